The molecule has 3 aromatic carbocycles. The molecule has 0 spiro atoms. The Morgan fingerprint density at radius 2 is 1.83 bits per heavy atom. The van der Waals surface area contributed by atoms with Crippen molar-refractivity contribution in [3.8, 4) is 5.75 Å². The summed E-state index contributed by atoms with van der Waals surface area (Å²) in [5, 5.41) is 3.03. The van der Waals surface area contributed by atoms with Gasteiger partial charge in [0.2, 0.25) is 0 Å². The van der Waals surface area contributed by atoms with E-state index < -0.39 is 6.16 Å². The molecule has 118 valence electrons. The summed E-state index contributed by atoms with van der Waals surface area (Å²) in [6, 6.07) is 13.8. The number of hydrogen-bond donors (Lipinski definition) is 0. The first kappa shape index (κ1) is 15.3. The van der Waals surface area contributed by atoms with Crippen molar-refractivity contribution in [2.24, 2.45) is 0 Å². The molecule has 0 aliphatic carbocycles. The van der Waals surface area contributed by atoms with E-state index >= 15 is 0 Å². The van der Waals surface area contributed by atoms with E-state index in [0.717, 1.165) is 23.6 Å². The second-order valence-electron chi connectivity index (χ2n) is 5.35. The minimum Gasteiger partial charge on any atom is -0.434 e. The Morgan fingerprint density at radius 3 is 2.65 bits per heavy atom. The van der Waals surface area contributed by atoms with Gasteiger partial charge in [0.15, 0.2) is 0 Å². The topological polar surface area (TPSA) is 35.5 Å². The summed E-state index contributed by atoms with van der Waals surface area (Å²) in [6.07, 6.45) is 0.987. The SMILES string of the molecule is CCCCOC(=O)Oc1c2ccccc2cc2cc(F)ccc12. The maximum Gasteiger partial charge on any atom is 0.513 e. The van der Waals surface area contributed by atoms with Crippen molar-refractivity contribution < 1.29 is 18.7 Å². The number of hydrogen-bond acceptors (Lipinski definition) is 3. The van der Waals surface area contributed by atoms with Crippen molar-refractivity contribution in [1.29, 1.82) is 0 Å². The summed E-state index contributed by atoms with van der Waals surface area (Å²) in [4.78, 5) is 11.9. The van der Waals surface area contributed by atoms with Gasteiger partial charge in [-0.05, 0) is 41.5 Å². The van der Waals surface area contributed by atoms with Gasteiger partial charge in [-0.25, -0.2) is 9.18 Å². The van der Waals surface area contributed by atoms with Crippen LogP contribution in [0.3, 0.4) is 0 Å². The first-order valence-corrected chi connectivity index (χ1v) is 7.64. The third-order valence-electron chi connectivity index (χ3n) is 3.68. The number of fused-ring (bicyclic) bond motifs is 2. The van der Waals surface area contributed by atoms with Gasteiger partial charge in [0.25, 0.3) is 0 Å². The number of benzene rings is 3. The lowest BCUT2D eigenvalue weighted by molar-refractivity contribution is 0.0988. The monoisotopic (exact) mass is 312 g/mol. The number of carbonyl (C=O) groups excluding carboxylic acids is 1. The van der Waals surface area contributed by atoms with Crippen LogP contribution in [0.4, 0.5) is 9.18 Å². The Hall–Kier alpha value is -2.62. The normalized spacial score (nSPS) is 10.9. The Balaban J connectivity index is 2.06. The third kappa shape index (κ3) is 3.26. The second-order valence-corrected chi connectivity index (χ2v) is 5.35. The predicted molar refractivity (Wildman–Crippen MR) is 88.3 cm³/mol. The fraction of sp³-hybridized carbons (Fsp3) is 0.211. The van der Waals surface area contributed by atoms with Crippen molar-refractivity contribution in [3.05, 3.63) is 54.3 Å². The van der Waals surface area contributed by atoms with Crippen molar-refractivity contribution in [1.82, 2.24) is 0 Å². The fourth-order valence-corrected chi connectivity index (χ4v) is 2.52. The standard InChI is InChI=1S/C19H17FO3/c1-2-3-10-22-19(21)23-18-16-7-5-4-6-13(16)11-14-12-15(20)8-9-17(14)18/h4-9,11-12H,2-3,10H2,1H3. The highest BCUT2D eigenvalue weighted by Gasteiger charge is 2.14. The fourth-order valence-electron chi connectivity index (χ4n) is 2.52. The highest BCUT2D eigenvalue weighted by Crippen LogP contribution is 2.35. The second kappa shape index (κ2) is 6.65. The molecule has 0 N–H and O–H groups in total. The molecule has 23 heavy (non-hydrogen) atoms. The number of halogens is 1. The molecule has 0 unspecified atom stereocenters. The number of rotatable bonds is 4. The van der Waals surface area contributed by atoms with Crippen LogP contribution in [0.25, 0.3) is 21.5 Å². The molecule has 0 amide bonds. The Labute approximate surface area is 133 Å². The third-order valence-corrected chi connectivity index (χ3v) is 3.68. The van der Waals surface area contributed by atoms with Crippen LogP contribution < -0.4 is 4.74 Å². The van der Waals surface area contributed by atoms with Gasteiger partial charge in [0, 0.05) is 10.8 Å². The number of unbranched alkanes of at least 4 members (excludes halogenated alkanes) is 1. The van der Waals surface area contributed by atoms with E-state index in [1.807, 2.05) is 37.3 Å². The smallest absolute Gasteiger partial charge is 0.434 e. The minimum atomic E-state index is -0.736. The van der Waals surface area contributed by atoms with Gasteiger partial charge in [-0.3, -0.25) is 0 Å². The lowest BCUT2D eigenvalue weighted by Crippen LogP contribution is -2.11. The summed E-state index contributed by atoms with van der Waals surface area (Å²) in [7, 11) is 0. The van der Waals surface area contributed by atoms with Crippen LogP contribution in [0.1, 0.15) is 19.8 Å². The van der Waals surface area contributed by atoms with E-state index in [9.17, 15) is 9.18 Å². The molecule has 0 aliphatic heterocycles. The van der Waals surface area contributed by atoms with Crippen LogP contribution in [0.15, 0.2) is 48.5 Å². The molecule has 0 atom stereocenters. The molecular formula is C19H17FO3. The minimum absolute atomic E-state index is 0.326. The average molecular weight is 312 g/mol. The van der Waals surface area contributed by atoms with E-state index in [1.54, 1.807) is 6.07 Å². The van der Waals surface area contributed by atoms with E-state index in [1.165, 1.54) is 12.1 Å². The molecule has 3 rings (SSSR count). The van der Waals surface area contributed by atoms with Crippen LogP contribution in [0.5, 0.6) is 5.75 Å². The van der Waals surface area contributed by atoms with Crippen molar-refractivity contribution in [3.63, 3.8) is 0 Å². The lowest BCUT2D eigenvalue weighted by Gasteiger charge is -2.12. The van der Waals surface area contributed by atoms with Crippen LogP contribution >= 0.6 is 0 Å². The quantitative estimate of drug-likeness (QED) is 0.278. The predicted octanol–water partition coefficient (Wildman–Crippen LogP) is 5.45. The lowest BCUT2D eigenvalue weighted by atomic mass is 10.0. The molecule has 0 bridgehead atoms. The summed E-state index contributed by atoms with van der Waals surface area (Å²) < 4.78 is 24.0. The molecule has 4 heteroatoms. The summed E-state index contributed by atoms with van der Waals surface area (Å²) >= 11 is 0. The molecule has 0 heterocycles. The molecule has 0 aromatic heterocycles. The van der Waals surface area contributed by atoms with E-state index in [0.29, 0.717) is 23.1 Å². The Morgan fingerprint density at radius 1 is 1.04 bits per heavy atom. The first-order chi connectivity index (χ1) is 11.2. The molecule has 0 radical (unpaired) electrons. The molecule has 3 nitrogen and oxygen atoms in total. The highest BCUT2D eigenvalue weighted by molar-refractivity contribution is 6.06. The van der Waals surface area contributed by atoms with E-state index in [2.05, 4.69) is 0 Å². The maximum absolute atomic E-state index is 13.5. The van der Waals surface area contributed by atoms with Gasteiger partial charge in [0.05, 0.1) is 6.61 Å². The summed E-state index contributed by atoms with van der Waals surface area (Å²) in [6.45, 7) is 2.34. The molecule has 0 fully saturated rings. The van der Waals surface area contributed by atoms with Crippen LogP contribution in [-0.2, 0) is 4.74 Å². The Kier molecular flexibility index (Phi) is 4.42. The Bertz CT molecular complexity index is 858. The summed E-state index contributed by atoms with van der Waals surface area (Å²) in [5.41, 5.74) is 0. The van der Waals surface area contributed by atoms with E-state index in [-0.39, 0.29) is 5.82 Å². The van der Waals surface area contributed by atoms with Crippen molar-refractivity contribution in [2.75, 3.05) is 6.61 Å². The van der Waals surface area contributed by atoms with Gasteiger partial charge in [-0.15, -0.1) is 0 Å². The van der Waals surface area contributed by atoms with Crippen LogP contribution in [-0.4, -0.2) is 12.8 Å². The van der Waals surface area contributed by atoms with Gasteiger partial charge < -0.3 is 9.47 Å². The zero-order valence-corrected chi connectivity index (χ0v) is 12.8. The molecule has 0 saturated heterocycles. The first-order valence-electron chi connectivity index (χ1n) is 7.64. The molecule has 0 saturated carbocycles. The number of ether oxygens (including phenoxy) is 2. The van der Waals surface area contributed by atoms with Crippen LogP contribution in [0, 0.1) is 5.82 Å². The molecule has 0 aliphatic rings. The maximum atomic E-state index is 13.5. The average Bonchev–Trinajstić information content (AvgIpc) is 2.54. The molecule has 3 aromatic rings. The highest BCUT2D eigenvalue weighted by atomic mass is 19.1. The zero-order valence-electron chi connectivity index (χ0n) is 12.8. The number of carbonyl (C=O) groups is 1. The van der Waals surface area contributed by atoms with Crippen molar-refractivity contribution >= 4 is 27.7 Å². The van der Waals surface area contributed by atoms with Crippen molar-refractivity contribution in [2.45, 2.75) is 19.8 Å². The molecular weight excluding hydrogens is 295 g/mol. The van der Waals surface area contributed by atoms with Gasteiger partial charge in [-0.2, -0.15) is 0 Å². The van der Waals surface area contributed by atoms with Crippen LogP contribution in [0.2, 0.25) is 0 Å². The van der Waals surface area contributed by atoms with E-state index in [4.69, 9.17) is 9.47 Å². The summed E-state index contributed by atoms with van der Waals surface area (Å²) in [5.74, 6) is 0.0730. The zero-order chi connectivity index (χ0) is 16.2. The van der Waals surface area contributed by atoms with Gasteiger partial charge in [-0.1, -0.05) is 37.6 Å². The van der Waals surface area contributed by atoms with Gasteiger partial charge >= 0.3 is 6.16 Å². The van der Waals surface area contributed by atoms with Gasteiger partial charge in [0.1, 0.15) is 11.6 Å². The largest absolute Gasteiger partial charge is 0.513 e.